The average molecular weight is 334 g/mol. The lowest BCUT2D eigenvalue weighted by Crippen LogP contribution is -2.47. The highest BCUT2D eigenvalue weighted by Crippen LogP contribution is 2.35. The van der Waals surface area contributed by atoms with Gasteiger partial charge >= 0.3 is 0 Å². The molecule has 2 rings (SSSR count). The number of ether oxygens (including phenoxy) is 2. The number of rotatable bonds is 7. The minimum Gasteiger partial charge on any atom is -0.477 e. The third-order valence-electron chi connectivity index (χ3n) is 4.79. The predicted molar refractivity (Wildman–Crippen MR) is 95.4 cm³/mol. The number of anilines is 1. The van der Waals surface area contributed by atoms with Crippen molar-refractivity contribution in [2.45, 2.75) is 64.9 Å². The van der Waals surface area contributed by atoms with E-state index in [-0.39, 0.29) is 5.91 Å². The molecular weight excluding hydrogens is 304 g/mol. The Labute approximate surface area is 145 Å². The predicted octanol–water partition coefficient (Wildman–Crippen LogP) is 4.10. The Kier molecular flexibility index (Phi) is 6.60. The highest BCUT2D eigenvalue weighted by atomic mass is 16.5. The summed E-state index contributed by atoms with van der Waals surface area (Å²) in [5.74, 6) is 1.06. The van der Waals surface area contributed by atoms with E-state index in [9.17, 15) is 4.79 Å². The molecule has 1 saturated carbocycles. The zero-order valence-electron chi connectivity index (χ0n) is 15.4. The van der Waals surface area contributed by atoms with Crippen molar-refractivity contribution in [1.82, 2.24) is 4.98 Å². The normalized spacial score (nSPS) is 23.8. The van der Waals surface area contributed by atoms with Gasteiger partial charge in [-0.2, -0.15) is 0 Å². The van der Waals surface area contributed by atoms with Crippen LogP contribution in [0.4, 0.5) is 5.69 Å². The summed E-state index contributed by atoms with van der Waals surface area (Å²) in [6.45, 7) is 6.91. The van der Waals surface area contributed by atoms with E-state index in [1.807, 2.05) is 13.0 Å². The molecule has 1 aromatic heterocycles. The van der Waals surface area contributed by atoms with Crippen LogP contribution in [0.2, 0.25) is 0 Å². The number of nitrogens with zero attached hydrogens (tertiary/aromatic N) is 1. The minimum absolute atomic E-state index is 0.0719. The smallest absolute Gasteiger partial charge is 0.256 e. The summed E-state index contributed by atoms with van der Waals surface area (Å²) in [5, 5.41) is 2.98. The van der Waals surface area contributed by atoms with Gasteiger partial charge in [0.05, 0.1) is 18.5 Å². The van der Waals surface area contributed by atoms with Gasteiger partial charge in [-0.3, -0.25) is 4.79 Å². The largest absolute Gasteiger partial charge is 0.477 e. The van der Waals surface area contributed by atoms with Crippen LogP contribution in [0.25, 0.3) is 0 Å². The van der Waals surface area contributed by atoms with Gasteiger partial charge in [-0.05, 0) is 44.6 Å². The van der Waals surface area contributed by atoms with Crippen LogP contribution in [-0.2, 0) is 9.53 Å². The van der Waals surface area contributed by atoms with Crippen molar-refractivity contribution < 1.29 is 14.3 Å². The molecule has 0 aromatic carbocycles. The van der Waals surface area contributed by atoms with Gasteiger partial charge in [0.15, 0.2) is 0 Å². The number of methoxy groups -OCH3 is 1. The lowest BCUT2D eigenvalue weighted by atomic mass is 9.78. The number of amides is 1. The number of hydrogen-bond acceptors (Lipinski definition) is 4. The van der Waals surface area contributed by atoms with E-state index in [0.717, 1.165) is 44.1 Å². The van der Waals surface area contributed by atoms with Crippen LogP contribution in [-0.4, -0.2) is 30.2 Å². The van der Waals surface area contributed by atoms with Crippen LogP contribution in [0.1, 0.15) is 57.9 Å². The summed E-state index contributed by atoms with van der Waals surface area (Å²) < 4.78 is 11.3. The molecule has 1 aliphatic carbocycles. The second-order valence-corrected chi connectivity index (χ2v) is 6.90. The Morgan fingerprint density at radius 1 is 1.50 bits per heavy atom. The average Bonchev–Trinajstić information content (AvgIpc) is 2.56. The Balaban J connectivity index is 2.04. The van der Waals surface area contributed by atoms with Gasteiger partial charge in [-0.1, -0.05) is 26.7 Å². The summed E-state index contributed by atoms with van der Waals surface area (Å²) in [6.07, 6.45) is 7.46. The molecule has 0 radical (unpaired) electrons. The number of carbonyl (C=O) groups is 1. The molecule has 134 valence electrons. The van der Waals surface area contributed by atoms with Gasteiger partial charge in [0.2, 0.25) is 5.88 Å². The van der Waals surface area contributed by atoms with Crippen molar-refractivity contribution in [3.8, 4) is 5.88 Å². The quantitative estimate of drug-likeness (QED) is 0.763. The third kappa shape index (κ3) is 4.47. The van der Waals surface area contributed by atoms with Crippen molar-refractivity contribution in [3.05, 3.63) is 17.8 Å². The Morgan fingerprint density at radius 2 is 2.29 bits per heavy atom. The number of aryl methyl sites for hydroxylation is 1. The molecule has 1 N–H and O–H groups in total. The molecule has 1 aromatic rings. The van der Waals surface area contributed by atoms with Gasteiger partial charge in [0.25, 0.3) is 5.91 Å². The first-order chi connectivity index (χ1) is 11.5. The molecule has 5 nitrogen and oxygen atoms in total. The fourth-order valence-corrected chi connectivity index (χ4v) is 3.33. The molecule has 1 aliphatic rings. The first kappa shape index (κ1) is 18.7. The molecule has 0 aliphatic heterocycles. The van der Waals surface area contributed by atoms with Crippen LogP contribution in [0.3, 0.4) is 0 Å². The molecule has 1 heterocycles. The molecular formula is C19H30N2O3. The Bertz CT molecular complexity index is 562. The zero-order chi connectivity index (χ0) is 17.6. The van der Waals surface area contributed by atoms with E-state index < -0.39 is 5.60 Å². The molecule has 2 atom stereocenters. The van der Waals surface area contributed by atoms with Gasteiger partial charge in [-0.25, -0.2) is 4.98 Å². The summed E-state index contributed by atoms with van der Waals surface area (Å²) in [4.78, 5) is 17.1. The number of aromatic nitrogens is 1. The van der Waals surface area contributed by atoms with E-state index >= 15 is 0 Å². The van der Waals surface area contributed by atoms with Crippen LogP contribution >= 0.6 is 0 Å². The van der Waals surface area contributed by atoms with Crippen molar-refractivity contribution in [3.63, 3.8) is 0 Å². The van der Waals surface area contributed by atoms with Crippen molar-refractivity contribution in [2.75, 3.05) is 19.0 Å². The maximum Gasteiger partial charge on any atom is 0.256 e. The van der Waals surface area contributed by atoms with Crippen molar-refractivity contribution in [1.29, 1.82) is 0 Å². The van der Waals surface area contributed by atoms with E-state index in [1.54, 1.807) is 13.3 Å². The van der Waals surface area contributed by atoms with Crippen molar-refractivity contribution >= 4 is 11.6 Å². The van der Waals surface area contributed by atoms with E-state index in [1.165, 1.54) is 0 Å². The number of hydrogen-bond donors (Lipinski definition) is 1. The summed E-state index contributed by atoms with van der Waals surface area (Å²) in [5.41, 5.74) is 0.893. The summed E-state index contributed by atoms with van der Waals surface area (Å²) in [6, 6.07) is 1.90. The van der Waals surface area contributed by atoms with E-state index in [2.05, 4.69) is 24.1 Å². The molecule has 0 bridgehead atoms. The second-order valence-electron chi connectivity index (χ2n) is 6.90. The maximum absolute atomic E-state index is 12.8. The van der Waals surface area contributed by atoms with E-state index in [4.69, 9.17) is 9.47 Å². The summed E-state index contributed by atoms with van der Waals surface area (Å²) >= 11 is 0. The van der Waals surface area contributed by atoms with Crippen LogP contribution < -0.4 is 10.1 Å². The van der Waals surface area contributed by atoms with Crippen LogP contribution in [0.15, 0.2) is 12.3 Å². The lowest BCUT2D eigenvalue weighted by molar-refractivity contribution is -0.143. The SMILES string of the molecule is CCCCOc1ncc(NC(=O)[C@]2(OC)CCC[C@H](C)C2)cc1C. The monoisotopic (exact) mass is 334 g/mol. The number of unbranched alkanes of at least 4 members (excludes halogenated alkanes) is 1. The highest BCUT2D eigenvalue weighted by molar-refractivity contribution is 5.97. The third-order valence-corrected chi connectivity index (χ3v) is 4.79. The van der Waals surface area contributed by atoms with Gasteiger partial charge < -0.3 is 14.8 Å². The Hall–Kier alpha value is -1.62. The zero-order valence-corrected chi connectivity index (χ0v) is 15.4. The first-order valence-corrected chi connectivity index (χ1v) is 8.97. The number of carbonyl (C=O) groups excluding carboxylic acids is 1. The first-order valence-electron chi connectivity index (χ1n) is 8.97. The fraction of sp³-hybridized carbons (Fsp3) is 0.684. The van der Waals surface area contributed by atoms with Gasteiger partial charge in [-0.15, -0.1) is 0 Å². The molecule has 0 unspecified atom stereocenters. The number of nitrogens with one attached hydrogen (secondary N) is 1. The molecule has 0 saturated heterocycles. The maximum atomic E-state index is 12.8. The summed E-state index contributed by atoms with van der Waals surface area (Å²) in [7, 11) is 1.63. The molecule has 1 amide bonds. The standard InChI is InChI=1S/C19H30N2O3/c1-5-6-10-24-17-15(3)11-16(13-20-17)21-18(22)19(23-4)9-7-8-14(2)12-19/h11,13-14H,5-10,12H2,1-4H3,(H,21,22)/t14-,19-/m0/s1. The highest BCUT2D eigenvalue weighted by Gasteiger charge is 2.42. The lowest BCUT2D eigenvalue weighted by Gasteiger charge is -2.37. The van der Waals surface area contributed by atoms with E-state index in [0.29, 0.717) is 24.1 Å². The second kappa shape index (κ2) is 8.47. The molecule has 24 heavy (non-hydrogen) atoms. The minimum atomic E-state index is -0.720. The topological polar surface area (TPSA) is 60.5 Å². The van der Waals surface area contributed by atoms with Crippen LogP contribution in [0, 0.1) is 12.8 Å². The van der Waals surface area contributed by atoms with Gasteiger partial charge in [0.1, 0.15) is 5.60 Å². The molecule has 1 fully saturated rings. The number of pyridine rings is 1. The Morgan fingerprint density at radius 3 is 2.92 bits per heavy atom. The molecule has 5 heteroatoms. The van der Waals surface area contributed by atoms with Crippen molar-refractivity contribution in [2.24, 2.45) is 5.92 Å². The fourth-order valence-electron chi connectivity index (χ4n) is 3.33. The van der Waals surface area contributed by atoms with Gasteiger partial charge in [0, 0.05) is 12.7 Å². The molecule has 0 spiro atoms. The van der Waals surface area contributed by atoms with Crippen LogP contribution in [0.5, 0.6) is 5.88 Å².